The van der Waals surface area contributed by atoms with Crippen molar-refractivity contribution < 1.29 is 0 Å². The molecule has 0 fully saturated rings. The second-order valence-corrected chi connectivity index (χ2v) is 3.02. The summed E-state index contributed by atoms with van der Waals surface area (Å²) < 4.78 is 0. The Labute approximate surface area is 77.3 Å². The first-order valence-electron chi connectivity index (χ1n) is 3.60. The molecule has 0 saturated heterocycles. The Balaban J connectivity index is 2.71. The van der Waals surface area contributed by atoms with Crippen molar-refractivity contribution >= 4 is 23.3 Å². The molecule has 0 aromatic heterocycles. The molecular weight excluding hydrogens is 172 g/mol. The van der Waals surface area contributed by atoms with E-state index in [-0.39, 0.29) is 0 Å². The van der Waals surface area contributed by atoms with Gasteiger partial charge in [-0.25, -0.2) is 4.99 Å². The lowest BCUT2D eigenvalue weighted by Gasteiger charge is -2.28. The highest BCUT2D eigenvalue weighted by atomic mass is 32.1. The molecule has 1 heterocycles. The second kappa shape index (κ2) is 3.53. The van der Waals surface area contributed by atoms with Gasteiger partial charge in [0.15, 0.2) is 5.11 Å². The highest BCUT2D eigenvalue weighted by Gasteiger charge is 2.14. The van der Waals surface area contributed by atoms with Crippen LogP contribution in [0.5, 0.6) is 0 Å². The zero-order valence-electron chi connectivity index (χ0n) is 7.19. The average molecular weight is 184 g/mol. The van der Waals surface area contributed by atoms with Gasteiger partial charge in [-0.1, -0.05) is 0 Å². The van der Waals surface area contributed by atoms with Crippen molar-refractivity contribution in [1.82, 2.24) is 9.80 Å². The van der Waals surface area contributed by atoms with Gasteiger partial charge in [0.25, 0.3) is 0 Å². The molecule has 4 nitrogen and oxygen atoms in total. The van der Waals surface area contributed by atoms with Crippen molar-refractivity contribution in [2.45, 2.75) is 0 Å². The van der Waals surface area contributed by atoms with Crippen LogP contribution in [0.15, 0.2) is 17.3 Å². The van der Waals surface area contributed by atoms with Crippen LogP contribution in [-0.2, 0) is 0 Å². The summed E-state index contributed by atoms with van der Waals surface area (Å²) in [6.45, 7) is 0.701. The van der Waals surface area contributed by atoms with E-state index in [4.69, 9.17) is 18.0 Å². The number of guanidine groups is 1. The van der Waals surface area contributed by atoms with Crippen LogP contribution in [0.1, 0.15) is 0 Å². The van der Waals surface area contributed by atoms with Crippen LogP contribution in [0.25, 0.3) is 0 Å². The van der Waals surface area contributed by atoms with E-state index in [1.165, 1.54) is 0 Å². The lowest BCUT2D eigenvalue weighted by atomic mass is 10.5. The van der Waals surface area contributed by atoms with Crippen molar-refractivity contribution in [3.63, 3.8) is 0 Å². The summed E-state index contributed by atoms with van der Waals surface area (Å²) in [6.07, 6.45) is 3.59. The van der Waals surface area contributed by atoms with Crippen LogP contribution in [0, 0.1) is 0 Å². The Bertz CT molecular complexity index is 244. The van der Waals surface area contributed by atoms with Gasteiger partial charge in [0.2, 0.25) is 5.96 Å². The van der Waals surface area contributed by atoms with Crippen LogP contribution < -0.4 is 5.73 Å². The second-order valence-electron chi connectivity index (χ2n) is 2.66. The van der Waals surface area contributed by atoms with Gasteiger partial charge < -0.3 is 10.6 Å². The van der Waals surface area contributed by atoms with Crippen LogP contribution in [-0.4, -0.2) is 41.5 Å². The number of nitrogens with zero attached hydrogens (tertiary/aromatic N) is 3. The molecule has 1 aliphatic rings. The zero-order chi connectivity index (χ0) is 9.14. The number of hydrogen-bond donors (Lipinski definition) is 1. The Morgan fingerprint density at radius 2 is 2.42 bits per heavy atom. The Morgan fingerprint density at radius 1 is 1.75 bits per heavy atom. The maximum Gasteiger partial charge on any atom is 0.202 e. The van der Waals surface area contributed by atoms with Gasteiger partial charge in [-0.2, -0.15) is 0 Å². The monoisotopic (exact) mass is 184 g/mol. The summed E-state index contributed by atoms with van der Waals surface area (Å²) in [5.41, 5.74) is 5.63. The maximum absolute atomic E-state index is 5.63. The third-order valence-electron chi connectivity index (χ3n) is 1.49. The van der Waals surface area contributed by atoms with Gasteiger partial charge in [-0.05, 0) is 18.3 Å². The van der Waals surface area contributed by atoms with Crippen LogP contribution in [0.2, 0.25) is 0 Å². The highest BCUT2D eigenvalue weighted by molar-refractivity contribution is 7.80. The fourth-order valence-corrected chi connectivity index (χ4v) is 1.03. The third kappa shape index (κ3) is 1.73. The van der Waals surface area contributed by atoms with E-state index in [1.54, 1.807) is 11.1 Å². The number of nitrogens with two attached hydrogens (primary N) is 1. The third-order valence-corrected chi connectivity index (χ3v) is 2.08. The molecule has 0 spiro atoms. The highest BCUT2D eigenvalue weighted by Crippen LogP contribution is 2.00. The molecule has 0 aliphatic carbocycles. The fraction of sp³-hybridized carbons (Fsp3) is 0.429. The average Bonchev–Trinajstić information content (AvgIpc) is 2.04. The van der Waals surface area contributed by atoms with Crippen molar-refractivity contribution in [2.24, 2.45) is 10.7 Å². The van der Waals surface area contributed by atoms with Gasteiger partial charge in [-0.3, -0.25) is 4.90 Å². The van der Waals surface area contributed by atoms with E-state index >= 15 is 0 Å². The molecule has 0 radical (unpaired) electrons. The van der Waals surface area contributed by atoms with Gasteiger partial charge >= 0.3 is 0 Å². The summed E-state index contributed by atoms with van der Waals surface area (Å²) in [7, 11) is 3.77. The summed E-state index contributed by atoms with van der Waals surface area (Å²) in [5.74, 6) is 0.455. The Hall–Kier alpha value is -1.10. The molecular formula is C7H12N4S. The minimum Gasteiger partial charge on any atom is -0.369 e. The van der Waals surface area contributed by atoms with Gasteiger partial charge in [0.05, 0.1) is 0 Å². The minimum absolute atomic E-state index is 0.455. The van der Waals surface area contributed by atoms with E-state index in [2.05, 4.69) is 4.99 Å². The molecule has 2 N–H and O–H groups in total. The molecule has 0 aromatic carbocycles. The standard InChI is InChI=1S/C7H12N4S/c1-10(2)7(12)11-5-3-4-9-6(11)8/h3-4H,5H2,1-2H3,(H2,8,9). The smallest absolute Gasteiger partial charge is 0.202 e. The van der Waals surface area contributed by atoms with E-state index in [0.717, 1.165) is 0 Å². The van der Waals surface area contributed by atoms with Crippen LogP contribution in [0.3, 0.4) is 0 Å². The van der Waals surface area contributed by atoms with Crippen molar-refractivity contribution in [1.29, 1.82) is 0 Å². The van der Waals surface area contributed by atoms with Crippen molar-refractivity contribution in [2.75, 3.05) is 20.6 Å². The lowest BCUT2D eigenvalue weighted by molar-refractivity contribution is 0.523. The van der Waals surface area contributed by atoms with Crippen LogP contribution >= 0.6 is 12.2 Å². The Morgan fingerprint density at radius 3 is 2.92 bits per heavy atom. The van der Waals surface area contributed by atoms with E-state index in [0.29, 0.717) is 17.6 Å². The number of rotatable bonds is 0. The molecule has 0 aromatic rings. The normalized spacial score (nSPS) is 15.8. The maximum atomic E-state index is 5.63. The molecule has 0 bridgehead atoms. The van der Waals surface area contributed by atoms with E-state index in [1.807, 2.05) is 25.1 Å². The largest absolute Gasteiger partial charge is 0.369 e. The Kier molecular flexibility index (Phi) is 2.65. The first-order valence-corrected chi connectivity index (χ1v) is 4.01. The number of hydrogen-bond acceptors (Lipinski definition) is 3. The summed E-state index contributed by atoms with van der Waals surface area (Å²) in [5, 5.41) is 0.681. The SMILES string of the molecule is CN(C)C(=S)N1CC=CN=C1N. The van der Waals surface area contributed by atoms with Gasteiger partial charge in [0, 0.05) is 26.8 Å². The van der Waals surface area contributed by atoms with E-state index in [9.17, 15) is 0 Å². The summed E-state index contributed by atoms with van der Waals surface area (Å²) in [4.78, 5) is 7.54. The first-order chi connectivity index (χ1) is 5.63. The zero-order valence-corrected chi connectivity index (χ0v) is 8.01. The molecule has 12 heavy (non-hydrogen) atoms. The molecule has 1 aliphatic heterocycles. The lowest BCUT2D eigenvalue weighted by Crippen LogP contribution is -2.47. The molecule has 0 atom stereocenters. The molecule has 0 amide bonds. The molecule has 0 unspecified atom stereocenters. The first kappa shape index (κ1) is 8.99. The molecule has 66 valence electrons. The fourth-order valence-electron chi connectivity index (χ4n) is 0.862. The number of aliphatic imine (C=N–C) groups is 1. The van der Waals surface area contributed by atoms with Gasteiger partial charge in [0.1, 0.15) is 0 Å². The van der Waals surface area contributed by atoms with Crippen molar-refractivity contribution in [3.05, 3.63) is 12.3 Å². The van der Waals surface area contributed by atoms with Gasteiger partial charge in [-0.15, -0.1) is 0 Å². The predicted molar refractivity (Wildman–Crippen MR) is 53.8 cm³/mol. The summed E-state index contributed by atoms with van der Waals surface area (Å²) in [6, 6.07) is 0. The molecule has 0 saturated carbocycles. The number of thiocarbonyl (C=S) groups is 1. The minimum atomic E-state index is 0.455. The van der Waals surface area contributed by atoms with E-state index < -0.39 is 0 Å². The van der Waals surface area contributed by atoms with Crippen molar-refractivity contribution in [3.8, 4) is 0 Å². The predicted octanol–water partition coefficient (Wildman–Crippen LogP) is -0.0231. The molecule has 5 heteroatoms. The summed E-state index contributed by atoms with van der Waals surface area (Å²) >= 11 is 5.13. The quantitative estimate of drug-likeness (QED) is 0.537. The topological polar surface area (TPSA) is 44.9 Å². The van der Waals surface area contributed by atoms with Crippen LogP contribution in [0.4, 0.5) is 0 Å². The molecule has 1 rings (SSSR count).